The Kier molecular flexibility index (Phi) is 5.99. The number of H-pyrrole nitrogens is 1. The summed E-state index contributed by atoms with van der Waals surface area (Å²) in [7, 11) is 1.49. The second-order valence-electron chi connectivity index (χ2n) is 6.92. The van der Waals surface area contributed by atoms with Gasteiger partial charge in [-0.15, -0.1) is 0 Å². The Hall–Kier alpha value is -3.66. The first-order valence-electron chi connectivity index (χ1n) is 9.61. The van der Waals surface area contributed by atoms with E-state index in [0.717, 1.165) is 26.8 Å². The van der Waals surface area contributed by atoms with Gasteiger partial charge in [-0.25, -0.2) is 9.99 Å². The number of benzene rings is 2. The van der Waals surface area contributed by atoms with Crippen LogP contribution < -0.4 is 10.9 Å². The van der Waals surface area contributed by atoms with Gasteiger partial charge in [0.1, 0.15) is 5.71 Å². The Morgan fingerprint density at radius 3 is 2.55 bits per heavy atom. The molecule has 0 fully saturated rings. The topological polar surface area (TPSA) is 120 Å². The minimum atomic E-state index is -0.536. The molecule has 0 spiro atoms. The number of fused-ring (bicyclic) bond motifs is 1. The summed E-state index contributed by atoms with van der Waals surface area (Å²) in [6, 6.07) is 15.0. The number of hydrazone groups is 1. The number of hydrogen-bond acceptors (Lipinski definition) is 6. The number of amides is 3. The number of hydrogen-bond donors (Lipinski definition) is 3. The van der Waals surface area contributed by atoms with Crippen LogP contribution in [0.5, 0.6) is 0 Å². The molecule has 10 heteroatoms. The van der Waals surface area contributed by atoms with E-state index in [-0.39, 0.29) is 24.5 Å². The van der Waals surface area contributed by atoms with Gasteiger partial charge in [-0.05, 0) is 29.8 Å². The quantitative estimate of drug-likeness (QED) is 0.419. The average molecular weight is 436 g/mol. The SMILES string of the molecule is CN1N=C(C(=O)NNC(=O)c2ccc(CSc3nc4ccccc4[nH]3)cc2)CCC1=O. The van der Waals surface area contributed by atoms with Gasteiger partial charge in [-0.1, -0.05) is 36.0 Å². The van der Waals surface area contributed by atoms with Crippen molar-refractivity contribution >= 4 is 46.2 Å². The molecule has 0 aliphatic carbocycles. The molecule has 3 amide bonds. The van der Waals surface area contributed by atoms with E-state index in [1.54, 1.807) is 23.9 Å². The van der Waals surface area contributed by atoms with E-state index in [9.17, 15) is 14.4 Å². The van der Waals surface area contributed by atoms with Gasteiger partial charge in [0.2, 0.25) is 5.91 Å². The number of carbonyl (C=O) groups excluding carboxylic acids is 3. The third kappa shape index (κ3) is 4.92. The van der Waals surface area contributed by atoms with E-state index >= 15 is 0 Å². The summed E-state index contributed by atoms with van der Waals surface area (Å²) in [6.07, 6.45) is 0.451. The minimum absolute atomic E-state index is 0.154. The van der Waals surface area contributed by atoms with Crippen molar-refractivity contribution in [3.8, 4) is 0 Å². The predicted molar refractivity (Wildman–Crippen MR) is 117 cm³/mol. The second-order valence-corrected chi connectivity index (χ2v) is 7.88. The molecule has 4 rings (SSSR count). The molecular formula is C21H20N6O3S. The normalized spacial score (nSPS) is 13.8. The van der Waals surface area contributed by atoms with Gasteiger partial charge in [-0.2, -0.15) is 5.10 Å². The summed E-state index contributed by atoms with van der Waals surface area (Å²) in [5.74, 6) is -0.429. The number of aromatic amines is 1. The van der Waals surface area contributed by atoms with E-state index in [1.807, 2.05) is 36.4 Å². The largest absolute Gasteiger partial charge is 0.333 e. The Bertz CT molecular complexity index is 1140. The first-order valence-corrected chi connectivity index (χ1v) is 10.6. The van der Waals surface area contributed by atoms with Gasteiger partial charge < -0.3 is 4.98 Å². The molecule has 0 saturated heterocycles. The van der Waals surface area contributed by atoms with Crippen LogP contribution >= 0.6 is 11.8 Å². The Morgan fingerprint density at radius 2 is 1.81 bits per heavy atom. The van der Waals surface area contributed by atoms with Crippen LogP contribution in [0.4, 0.5) is 0 Å². The minimum Gasteiger partial charge on any atom is -0.333 e. The highest BCUT2D eigenvalue weighted by Gasteiger charge is 2.22. The predicted octanol–water partition coefficient (Wildman–Crippen LogP) is 2.22. The summed E-state index contributed by atoms with van der Waals surface area (Å²) in [4.78, 5) is 43.6. The van der Waals surface area contributed by atoms with E-state index in [0.29, 0.717) is 11.3 Å². The van der Waals surface area contributed by atoms with E-state index < -0.39 is 11.8 Å². The number of imidazole rings is 1. The molecule has 3 N–H and O–H groups in total. The van der Waals surface area contributed by atoms with Crippen LogP contribution in [0.3, 0.4) is 0 Å². The van der Waals surface area contributed by atoms with Crippen LogP contribution in [0, 0.1) is 0 Å². The first-order chi connectivity index (χ1) is 15.0. The lowest BCUT2D eigenvalue weighted by atomic mass is 10.1. The molecule has 1 aliphatic rings. The molecule has 0 saturated carbocycles. The van der Waals surface area contributed by atoms with Crippen LogP contribution in [0.25, 0.3) is 11.0 Å². The highest BCUT2D eigenvalue weighted by atomic mass is 32.2. The van der Waals surface area contributed by atoms with Gasteiger partial charge >= 0.3 is 0 Å². The van der Waals surface area contributed by atoms with Crippen molar-refractivity contribution in [3.63, 3.8) is 0 Å². The molecule has 3 aromatic rings. The van der Waals surface area contributed by atoms with Crippen molar-refractivity contribution in [1.82, 2.24) is 25.8 Å². The molecular weight excluding hydrogens is 416 g/mol. The number of nitrogens with one attached hydrogen (secondary N) is 3. The van der Waals surface area contributed by atoms with Crippen LogP contribution in [-0.4, -0.2) is 45.5 Å². The third-order valence-corrected chi connectivity index (χ3v) is 5.66. The Balaban J connectivity index is 1.29. The van der Waals surface area contributed by atoms with Crippen molar-refractivity contribution in [2.45, 2.75) is 23.8 Å². The monoisotopic (exact) mass is 436 g/mol. The van der Waals surface area contributed by atoms with Crippen molar-refractivity contribution in [2.24, 2.45) is 5.10 Å². The Labute approximate surface area is 182 Å². The molecule has 0 unspecified atom stereocenters. The second kappa shape index (κ2) is 9.00. The standard InChI is InChI=1S/C21H20N6O3S/c1-27-18(28)11-10-17(26-27)20(30)25-24-19(29)14-8-6-13(7-9-14)12-31-21-22-15-4-2-3-5-16(15)23-21/h2-9H,10-12H2,1H3,(H,22,23)(H,24,29)(H,25,30). The van der Waals surface area contributed by atoms with E-state index in [2.05, 4.69) is 25.9 Å². The summed E-state index contributed by atoms with van der Waals surface area (Å²) < 4.78 is 0. The number of nitrogens with zero attached hydrogens (tertiary/aromatic N) is 3. The fourth-order valence-electron chi connectivity index (χ4n) is 2.99. The van der Waals surface area contributed by atoms with Crippen LogP contribution in [0.1, 0.15) is 28.8 Å². The number of thioether (sulfide) groups is 1. The number of rotatable bonds is 5. The summed E-state index contributed by atoms with van der Waals surface area (Å²) in [5, 5.41) is 5.88. The third-order valence-electron chi connectivity index (χ3n) is 4.72. The zero-order valence-electron chi connectivity index (χ0n) is 16.7. The molecule has 2 aromatic carbocycles. The maximum absolute atomic E-state index is 12.3. The van der Waals surface area contributed by atoms with Gasteiger partial charge in [0.05, 0.1) is 11.0 Å². The van der Waals surface area contributed by atoms with E-state index in [1.165, 1.54) is 7.05 Å². The van der Waals surface area contributed by atoms with Gasteiger partial charge in [0.15, 0.2) is 5.16 Å². The van der Waals surface area contributed by atoms with Crippen molar-refractivity contribution in [1.29, 1.82) is 0 Å². The van der Waals surface area contributed by atoms with Crippen LogP contribution in [-0.2, 0) is 15.3 Å². The number of carbonyl (C=O) groups is 3. The highest BCUT2D eigenvalue weighted by molar-refractivity contribution is 7.98. The Morgan fingerprint density at radius 1 is 1.06 bits per heavy atom. The molecule has 1 aromatic heterocycles. The molecule has 158 valence electrons. The smallest absolute Gasteiger partial charge is 0.285 e. The maximum Gasteiger partial charge on any atom is 0.285 e. The summed E-state index contributed by atoms with van der Waals surface area (Å²) >= 11 is 1.58. The molecule has 1 aliphatic heterocycles. The average Bonchev–Trinajstić information content (AvgIpc) is 3.21. The lowest BCUT2D eigenvalue weighted by Gasteiger charge is -2.18. The zero-order chi connectivity index (χ0) is 21.8. The molecule has 2 heterocycles. The summed E-state index contributed by atoms with van der Waals surface area (Å²) in [5.41, 5.74) is 8.28. The lowest BCUT2D eigenvalue weighted by molar-refractivity contribution is -0.130. The highest BCUT2D eigenvalue weighted by Crippen LogP contribution is 2.23. The number of hydrazine groups is 1. The van der Waals surface area contributed by atoms with Crippen LogP contribution in [0.15, 0.2) is 58.8 Å². The molecule has 9 nitrogen and oxygen atoms in total. The van der Waals surface area contributed by atoms with Gasteiger partial charge in [0.25, 0.3) is 11.8 Å². The molecule has 0 atom stereocenters. The fourth-order valence-corrected chi connectivity index (χ4v) is 3.83. The maximum atomic E-state index is 12.3. The zero-order valence-corrected chi connectivity index (χ0v) is 17.5. The van der Waals surface area contributed by atoms with E-state index in [4.69, 9.17) is 0 Å². The molecule has 31 heavy (non-hydrogen) atoms. The van der Waals surface area contributed by atoms with Crippen molar-refractivity contribution in [3.05, 3.63) is 59.7 Å². The first kappa shape index (κ1) is 20.6. The molecule has 0 radical (unpaired) electrons. The van der Waals surface area contributed by atoms with Crippen LogP contribution in [0.2, 0.25) is 0 Å². The van der Waals surface area contributed by atoms with Gasteiger partial charge in [-0.3, -0.25) is 25.2 Å². The molecule has 0 bridgehead atoms. The lowest BCUT2D eigenvalue weighted by Crippen LogP contribution is -2.46. The fraction of sp³-hybridized carbons (Fsp3) is 0.190. The number of para-hydroxylation sites is 2. The van der Waals surface area contributed by atoms with Gasteiger partial charge in [0, 0.05) is 31.2 Å². The van der Waals surface area contributed by atoms with Crippen molar-refractivity contribution < 1.29 is 14.4 Å². The van der Waals surface area contributed by atoms with Crippen molar-refractivity contribution in [2.75, 3.05) is 7.05 Å². The number of aromatic nitrogens is 2. The summed E-state index contributed by atoms with van der Waals surface area (Å²) in [6.45, 7) is 0.